The number of carbonyl (C=O) groups is 1. The van der Waals surface area contributed by atoms with Crippen molar-refractivity contribution in [3.05, 3.63) is 78.8 Å². The molecule has 2 N–H and O–H groups in total. The molecular formula is C20H20N2O2. The van der Waals surface area contributed by atoms with Gasteiger partial charge in [-0.3, -0.25) is 10.1 Å². The number of hydrogen-bond acceptors (Lipinski definition) is 3. The predicted octanol–water partition coefficient (Wildman–Crippen LogP) is 4.24. The highest BCUT2D eigenvalue weighted by Crippen LogP contribution is 2.21. The van der Waals surface area contributed by atoms with E-state index < -0.39 is 0 Å². The first-order valence-electron chi connectivity index (χ1n) is 7.94. The number of hydrogen-bond donors (Lipinski definition) is 2. The third kappa shape index (κ3) is 4.12. The molecule has 0 aliphatic carbocycles. The molecule has 0 saturated carbocycles. The minimum atomic E-state index is -0.0825. The molecule has 0 unspecified atom stereocenters. The molecule has 1 aromatic heterocycles. The summed E-state index contributed by atoms with van der Waals surface area (Å²) in [6.45, 7) is 2.18. The Labute approximate surface area is 141 Å². The number of anilines is 1. The fourth-order valence-corrected chi connectivity index (χ4v) is 2.47. The van der Waals surface area contributed by atoms with Crippen molar-refractivity contribution in [2.24, 2.45) is 0 Å². The quantitative estimate of drug-likeness (QED) is 0.714. The third-order valence-electron chi connectivity index (χ3n) is 3.81. The van der Waals surface area contributed by atoms with Gasteiger partial charge in [-0.05, 0) is 42.3 Å². The molecule has 0 bridgehead atoms. The van der Waals surface area contributed by atoms with E-state index in [1.165, 1.54) is 0 Å². The number of carbonyl (C=O) groups excluding carboxylic acids is 1. The first-order valence-corrected chi connectivity index (χ1v) is 7.94. The Bertz CT molecular complexity index is 765. The normalized spacial score (nSPS) is 11.9. The third-order valence-corrected chi connectivity index (χ3v) is 3.81. The smallest absolute Gasteiger partial charge is 0.238 e. The minimum Gasteiger partial charge on any atom is -0.468 e. The van der Waals surface area contributed by atoms with Gasteiger partial charge in [0.2, 0.25) is 5.91 Å². The highest BCUT2D eigenvalue weighted by Gasteiger charge is 2.10. The molecule has 1 atom stereocenters. The fraction of sp³-hybridized carbons (Fsp3) is 0.150. The molecular weight excluding hydrogens is 300 g/mol. The van der Waals surface area contributed by atoms with Crippen LogP contribution < -0.4 is 10.6 Å². The Morgan fingerprint density at radius 1 is 0.958 bits per heavy atom. The Kier molecular flexibility index (Phi) is 5.08. The van der Waals surface area contributed by atoms with Gasteiger partial charge in [-0.25, -0.2) is 0 Å². The fourth-order valence-electron chi connectivity index (χ4n) is 2.47. The first kappa shape index (κ1) is 16.0. The molecule has 0 aliphatic rings. The number of benzene rings is 2. The van der Waals surface area contributed by atoms with Crippen LogP contribution in [0.4, 0.5) is 5.69 Å². The molecule has 0 aliphatic heterocycles. The highest BCUT2D eigenvalue weighted by atomic mass is 16.3. The van der Waals surface area contributed by atoms with E-state index in [0.29, 0.717) is 0 Å². The van der Waals surface area contributed by atoms with Crippen molar-refractivity contribution < 1.29 is 9.21 Å². The van der Waals surface area contributed by atoms with E-state index >= 15 is 0 Å². The highest BCUT2D eigenvalue weighted by molar-refractivity contribution is 5.92. The van der Waals surface area contributed by atoms with Crippen LogP contribution in [0.2, 0.25) is 0 Å². The molecule has 122 valence electrons. The van der Waals surface area contributed by atoms with E-state index in [1.54, 1.807) is 6.26 Å². The maximum Gasteiger partial charge on any atom is 0.238 e. The lowest BCUT2D eigenvalue weighted by Crippen LogP contribution is -2.29. The monoisotopic (exact) mass is 320 g/mol. The number of nitrogens with one attached hydrogen (secondary N) is 2. The number of amides is 1. The van der Waals surface area contributed by atoms with Crippen molar-refractivity contribution in [3.63, 3.8) is 0 Å². The molecule has 3 aromatic rings. The van der Waals surface area contributed by atoms with Crippen molar-refractivity contribution in [2.45, 2.75) is 13.0 Å². The van der Waals surface area contributed by atoms with Crippen LogP contribution in [0.3, 0.4) is 0 Å². The summed E-state index contributed by atoms with van der Waals surface area (Å²) in [4.78, 5) is 12.0. The second-order valence-corrected chi connectivity index (χ2v) is 5.61. The van der Waals surface area contributed by atoms with Gasteiger partial charge in [0.25, 0.3) is 0 Å². The lowest BCUT2D eigenvalue weighted by atomic mass is 10.1. The second kappa shape index (κ2) is 7.62. The molecule has 1 heterocycles. The number of rotatable bonds is 6. The lowest BCUT2D eigenvalue weighted by Gasteiger charge is -2.11. The summed E-state index contributed by atoms with van der Waals surface area (Å²) in [5.41, 5.74) is 3.06. The van der Waals surface area contributed by atoms with Crippen LogP contribution in [-0.4, -0.2) is 12.5 Å². The lowest BCUT2D eigenvalue weighted by molar-refractivity contribution is -0.115. The van der Waals surface area contributed by atoms with Crippen molar-refractivity contribution in [1.29, 1.82) is 0 Å². The summed E-state index contributed by atoms with van der Waals surface area (Å²) in [5.74, 6) is 0.732. The molecule has 0 saturated heterocycles. The Balaban J connectivity index is 1.53. The zero-order valence-electron chi connectivity index (χ0n) is 13.5. The van der Waals surface area contributed by atoms with Gasteiger partial charge in [0, 0.05) is 5.69 Å². The van der Waals surface area contributed by atoms with E-state index in [1.807, 2.05) is 61.5 Å². The van der Waals surface area contributed by atoms with E-state index in [-0.39, 0.29) is 18.5 Å². The van der Waals surface area contributed by atoms with Gasteiger partial charge in [-0.1, -0.05) is 42.5 Å². The van der Waals surface area contributed by atoms with Crippen LogP contribution in [0.15, 0.2) is 77.4 Å². The van der Waals surface area contributed by atoms with Crippen molar-refractivity contribution in [3.8, 4) is 11.1 Å². The predicted molar refractivity (Wildman–Crippen MR) is 95.6 cm³/mol. The summed E-state index contributed by atoms with van der Waals surface area (Å²) >= 11 is 0. The van der Waals surface area contributed by atoms with Crippen molar-refractivity contribution in [1.82, 2.24) is 5.32 Å². The van der Waals surface area contributed by atoms with Crippen LogP contribution in [0.1, 0.15) is 18.7 Å². The van der Waals surface area contributed by atoms with Crippen molar-refractivity contribution in [2.75, 3.05) is 11.9 Å². The number of furan rings is 1. The SMILES string of the molecule is C[C@H](NCC(=O)Nc1ccc(-c2ccccc2)cc1)c1ccco1. The van der Waals surface area contributed by atoms with E-state index in [2.05, 4.69) is 22.8 Å². The summed E-state index contributed by atoms with van der Waals surface area (Å²) in [6, 6.07) is 21.7. The van der Waals surface area contributed by atoms with Gasteiger partial charge in [0.05, 0.1) is 18.8 Å². The molecule has 3 rings (SSSR count). The average Bonchev–Trinajstić information content (AvgIpc) is 3.16. The molecule has 24 heavy (non-hydrogen) atoms. The van der Waals surface area contributed by atoms with E-state index in [4.69, 9.17) is 4.42 Å². The van der Waals surface area contributed by atoms with Gasteiger partial charge in [0.1, 0.15) is 5.76 Å². The maximum absolute atomic E-state index is 12.0. The standard InChI is InChI=1S/C20H20N2O2/c1-15(19-8-5-13-24-19)21-14-20(23)22-18-11-9-17(10-12-18)16-6-3-2-4-7-16/h2-13,15,21H,14H2,1H3,(H,22,23)/t15-/m0/s1. The zero-order chi connectivity index (χ0) is 16.8. The van der Waals surface area contributed by atoms with Gasteiger partial charge >= 0.3 is 0 Å². The molecule has 2 aromatic carbocycles. The van der Waals surface area contributed by atoms with Gasteiger partial charge in [-0.15, -0.1) is 0 Å². The van der Waals surface area contributed by atoms with Gasteiger partial charge in [-0.2, -0.15) is 0 Å². The Morgan fingerprint density at radius 2 is 1.67 bits per heavy atom. The maximum atomic E-state index is 12.0. The van der Waals surface area contributed by atoms with Gasteiger partial charge < -0.3 is 9.73 Å². The molecule has 1 amide bonds. The molecule has 0 fully saturated rings. The summed E-state index contributed by atoms with van der Waals surface area (Å²) < 4.78 is 5.31. The molecule has 4 nitrogen and oxygen atoms in total. The van der Waals surface area contributed by atoms with Crippen LogP contribution in [0.5, 0.6) is 0 Å². The molecule has 4 heteroatoms. The zero-order valence-corrected chi connectivity index (χ0v) is 13.5. The van der Waals surface area contributed by atoms with Crippen LogP contribution in [0.25, 0.3) is 11.1 Å². The minimum absolute atomic E-state index is 0.00814. The van der Waals surface area contributed by atoms with Crippen LogP contribution in [0, 0.1) is 0 Å². The Hall–Kier alpha value is -2.85. The van der Waals surface area contributed by atoms with Crippen LogP contribution >= 0.6 is 0 Å². The average molecular weight is 320 g/mol. The van der Waals surface area contributed by atoms with Crippen LogP contribution in [-0.2, 0) is 4.79 Å². The summed E-state index contributed by atoms with van der Waals surface area (Å²) in [5, 5.41) is 6.03. The van der Waals surface area contributed by atoms with E-state index in [0.717, 1.165) is 22.6 Å². The first-order chi connectivity index (χ1) is 11.7. The Morgan fingerprint density at radius 3 is 2.33 bits per heavy atom. The molecule has 0 spiro atoms. The summed E-state index contributed by atoms with van der Waals surface area (Å²) in [7, 11) is 0. The topological polar surface area (TPSA) is 54.3 Å². The van der Waals surface area contributed by atoms with Crippen molar-refractivity contribution >= 4 is 11.6 Å². The van der Waals surface area contributed by atoms with E-state index in [9.17, 15) is 4.79 Å². The van der Waals surface area contributed by atoms with Gasteiger partial charge in [0.15, 0.2) is 0 Å². The second-order valence-electron chi connectivity index (χ2n) is 5.61. The summed E-state index contributed by atoms with van der Waals surface area (Å²) in [6.07, 6.45) is 1.63. The molecule has 0 radical (unpaired) electrons. The largest absolute Gasteiger partial charge is 0.468 e.